The molecular weight excluding hydrogens is 362 g/mol. The molecule has 5 nitrogen and oxygen atoms in total. The highest BCUT2D eigenvalue weighted by atomic mass is 79.9. The van der Waals surface area contributed by atoms with E-state index in [0.717, 1.165) is 4.47 Å². The molecule has 0 spiro atoms. The second kappa shape index (κ2) is 7.89. The van der Waals surface area contributed by atoms with Crippen LogP contribution in [0.25, 0.3) is 0 Å². The van der Waals surface area contributed by atoms with Gasteiger partial charge in [-0.1, -0.05) is 46.3 Å². The van der Waals surface area contributed by atoms with Crippen LogP contribution in [0.1, 0.15) is 22.0 Å². The van der Waals surface area contributed by atoms with E-state index in [0.29, 0.717) is 11.1 Å². The van der Waals surface area contributed by atoms with Crippen molar-refractivity contribution in [1.82, 2.24) is 5.32 Å². The first-order chi connectivity index (χ1) is 11.0. The average Bonchev–Trinajstić information content (AvgIpc) is 2.55. The summed E-state index contributed by atoms with van der Waals surface area (Å²) in [5, 5.41) is 22.2. The van der Waals surface area contributed by atoms with Crippen LogP contribution in [-0.4, -0.2) is 28.6 Å². The molecule has 0 unspecified atom stereocenters. The smallest absolute Gasteiger partial charge is 0.311 e. The predicted octanol–water partition coefficient (Wildman–Crippen LogP) is 2.61. The summed E-state index contributed by atoms with van der Waals surface area (Å²) in [5.74, 6) is -2.68. The van der Waals surface area contributed by atoms with Crippen molar-refractivity contribution in [1.29, 1.82) is 0 Å². The van der Waals surface area contributed by atoms with Crippen molar-refractivity contribution in [2.75, 3.05) is 6.54 Å². The molecule has 0 radical (unpaired) electrons. The fourth-order valence-corrected chi connectivity index (χ4v) is 2.38. The topological polar surface area (TPSA) is 86.6 Å². The van der Waals surface area contributed by atoms with Crippen LogP contribution in [0.15, 0.2) is 59.1 Å². The van der Waals surface area contributed by atoms with Crippen LogP contribution < -0.4 is 5.32 Å². The molecule has 6 heteroatoms. The summed E-state index contributed by atoms with van der Waals surface area (Å²) < 4.78 is 0.831. The van der Waals surface area contributed by atoms with Gasteiger partial charge in [0.05, 0.1) is 6.10 Å². The lowest BCUT2D eigenvalue weighted by Gasteiger charge is -2.20. The lowest BCUT2D eigenvalue weighted by atomic mass is 9.95. The van der Waals surface area contributed by atoms with E-state index in [1.807, 2.05) is 0 Å². The molecule has 0 saturated carbocycles. The maximum atomic E-state index is 12.0. The van der Waals surface area contributed by atoms with Crippen molar-refractivity contribution in [2.45, 2.75) is 6.10 Å². The second-order valence-electron chi connectivity index (χ2n) is 5.02. The zero-order valence-electron chi connectivity index (χ0n) is 12.1. The van der Waals surface area contributed by atoms with Crippen molar-refractivity contribution < 1.29 is 19.8 Å². The second-order valence-corrected chi connectivity index (χ2v) is 5.93. The Hall–Kier alpha value is -2.18. The molecule has 120 valence electrons. The molecule has 1 amide bonds. The number of nitrogens with one attached hydrogen (secondary N) is 1. The van der Waals surface area contributed by atoms with Crippen LogP contribution in [0, 0.1) is 5.92 Å². The molecule has 3 N–H and O–H groups in total. The van der Waals surface area contributed by atoms with E-state index in [4.69, 9.17) is 0 Å². The number of carbonyl (C=O) groups excluding carboxylic acids is 1. The Bertz CT molecular complexity index is 673. The van der Waals surface area contributed by atoms with Gasteiger partial charge >= 0.3 is 5.97 Å². The number of aliphatic hydroxyl groups excluding tert-OH is 1. The Morgan fingerprint density at radius 2 is 1.65 bits per heavy atom. The number of carboxylic acids is 1. The van der Waals surface area contributed by atoms with Gasteiger partial charge in [-0.25, -0.2) is 0 Å². The lowest BCUT2D eigenvalue weighted by Crippen LogP contribution is -2.36. The third-order valence-electron chi connectivity index (χ3n) is 3.43. The molecule has 0 aliphatic heterocycles. The Morgan fingerprint density at radius 3 is 2.22 bits per heavy atom. The normalized spacial score (nSPS) is 13.1. The highest BCUT2D eigenvalue weighted by molar-refractivity contribution is 9.10. The number of carboxylic acid groups (broad SMARTS) is 1. The number of aliphatic carboxylic acids is 1. The maximum absolute atomic E-state index is 12.0. The summed E-state index contributed by atoms with van der Waals surface area (Å²) in [6.07, 6.45) is -1.21. The fraction of sp³-hybridized carbons (Fsp3) is 0.176. The molecule has 0 saturated heterocycles. The van der Waals surface area contributed by atoms with E-state index in [1.54, 1.807) is 54.6 Å². The number of benzene rings is 2. The number of hydrogen-bond donors (Lipinski definition) is 3. The Morgan fingerprint density at radius 1 is 1.04 bits per heavy atom. The van der Waals surface area contributed by atoms with Gasteiger partial charge in [-0.2, -0.15) is 0 Å². The molecular formula is C17H16BrNO4. The minimum absolute atomic E-state index is 0.166. The quantitative estimate of drug-likeness (QED) is 0.721. The number of rotatable bonds is 6. The van der Waals surface area contributed by atoms with Gasteiger partial charge in [0.25, 0.3) is 5.91 Å². The fourth-order valence-electron chi connectivity index (χ4n) is 2.12. The van der Waals surface area contributed by atoms with E-state index < -0.39 is 18.0 Å². The van der Waals surface area contributed by atoms with Crippen LogP contribution >= 0.6 is 15.9 Å². The van der Waals surface area contributed by atoms with Crippen molar-refractivity contribution >= 4 is 27.8 Å². The standard InChI is InChI=1S/C17H16BrNO4/c18-13-8-6-11(7-9-13)15(20)14(17(22)23)10-19-16(21)12-4-2-1-3-5-12/h1-9,14-15,20H,10H2,(H,19,21)(H,22,23)/t14-,15-/m1/s1. The number of hydrogen-bond acceptors (Lipinski definition) is 3. The highest BCUT2D eigenvalue weighted by Crippen LogP contribution is 2.23. The lowest BCUT2D eigenvalue weighted by molar-refractivity contribution is -0.145. The van der Waals surface area contributed by atoms with Gasteiger partial charge in [0.15, 0.2) is 0 Å². The molecule has 2 aromatic rings. The van der Waals surface area contributed by atoms with Gasteiger partial charge < -0.3 is 15.5 Å². The van der Waals surface area contributed by atoms with E-state index in [2.05, 4.69) is 21.2 Å². The third kappa shape index (κ3) is 4.64. The average molecular weight is 378 g/mol. The summed E-state index contributed by atoms with van der Waals surface area (Å²) in [6.45, 7) is -0.166. The van der Waals surface area contributed by atoms with Gasteiger partial charge in [0.2, 0.25) is 0 Å². The van der Waals surface area contributed by atoms with Crippen LogP contribution in [0.5, 0.6) is 0 Å². The third-order valence-corrected chi connectivity index (χ3v) is 3.96. The summed E-state index contributed by atoms with van der Waals surface area (Å²) in [7, 11) is 0. The molecule has 23 heavy (non-hydrogen) atoms. The van der Waals surface area contributed by atoms with Gasteiger partial charge in [0, 0.05) is 16.6 Å². The number of halogens is 1. The first-order valence-electron chi connectivity index (χ1n) is 6.98. The van der Waals surface area contributed by atoms with Gasteiger partial charge in [-0.15, -0.1) is 0 Å². The SMILES string of the molecule is O=C(NC[C@@H](C(=O)O)[C@H](O)c1ccc(Br)cc1)c1ccccc1. The number of carbonyl (C=O) groups is 2. The van der Waals surface area contributed by atoms with E-state index in [9.17, 15) is 19.8 Å². The van der Waals surface area contributed by atoms with E-state index in [-0.39, 0.29) is 12.5 Å². The largest absolute Gasteiger partial charge is 0.481 e. The highest BCUT2D eigenvalue weighted by Gasteiger charge is 2.28. The first-order valence-corrected chi connectivity index (χ1v) is 7.78. The minimum Gasteiger partial charge on any atom is -0.481 e. The zero-order chi connectivity index (χ0) is 16.8. The molecule has 0 aliphatic rings. The molecule has 0 heterocycles. The van der Waals surface area contributed by atoms with Gasteiger partial charge in [-0.3, -0.25) is 9.59 Å². The molecule has 2 aromatic carbocycles. The van der Waals surface area contributed by atoms with Crippen molar-refractivity contribution in [3.8, 4) is 0 Å². The van der Waals surface area contributed by atoms with Crippen molar-refractivity contribution in [3.63, 3.8) is 0 Å². The molecule has 0 aromatic heterocycles. The Kier molecular flexibility index (Phi) is 5.90. The predicted molar refractivity (Wildman–Crippen MR) is 89.0 cm³/mol. The van der Waals surface area contributed by atoms with Crippen LogP contribution in [0.4, 0.5) is 0 Å². The maximum Gasteiger partial charge on any atom is 0.311 e. The molecule has 0 bridgehead atoms. The van der Waals surface area contributed by atoms with Crippen molar-refractivity contribution in [3.05, 3.63) is 70.2 Å². The van der Waals surface area contributed by atoms with Gasteiger partial charge in [-0.05, 0) is 29.8 Å². The molecule has 2 rings (SSSR count). The monoisotopic (exact) mass is 377 g/mol. The Balaban J connectivity index is 2.05. The van der Waals surface area contributed by atoms with Crippen LogP contribution in [0.2, 0.25) is 0 Å². The van der Waals surface area contributed by atoms with Gasteiger partial charge in [0.1, 0.15) is 5.92 Å². The summed E-state index contributed by atoms with van der Waals surface area (Å²) in [4.78, 5) is 23.4. The van der Waals surface area contributed by atoms with Crippen LogP contribution in [0.3, 0.4) is 0 Å². The summed E-state index contributed by atoms with van der Waals surface area (Å²) in [6, 6.07) is 15.2. The first kappa shape index (κ1) is 17.2. The van der Waals surface area contributed by atoms with E-state index in [1.165, 1.54) is 0 Å². The summed E-state index contributed by atoms with van der Waals surface area (Å²) >= 11 is 3.28. The van der Waals surface area contributed by atoms with E-state index >= 15 is 0 Å². The molecule has 2 atom stereocenters. The minimum atomic E-state index is -1.21. The number of aliphatic hydroxyl groups is 1. The Labute approximate surface area is 142 Å². The van der Waals surface area contributed by atoms with Crippen molar-refractivity contribution in [2.24, 2.45) is 5.92 Å². The molecule has 0 fully saturated rings. The van der Waals surface area contributed by atoms with Crippen LogP contribution in [-0.2, 0) is 4.79 Å². The molecule has 0 aliphatic carbocycles. The number of amides is 1. The zero-order valence-corrected chi connectivity index (χ0v) is 13.7. The summed E-state index contributed by atoms with van der Waals surface area (Å²) in [5.41, 5.74) is 0.921.